The van der Waals surface area contributed by atoms with Gasteiger partial charge in [0.05, 0.1) is 19.8 Å². The quantitative estimate of drug-likeness (QED) is 0.577. The molecule has 1 unspecified atom stereocenters. The molecule has 0 aliphatic rings. The lowest BCUT2D eigenvalue weighted by molar-refractivity contribution is -0.170. The number of hydroxylamine groups is 2. The van der Waals surface area contributed by atoms with E-state index in [-0.39, 0.29) is 13.2 Å². The fourth-order valence-corrected chi connectivity index (χ4v) is 1.29. The number of rotatable bonds is 6. The number of aliphatic hydroxyl groups is 1. The van der Waals surface area contributed by atoms with E-state index in [0.29, 0.717) is 0 Å². The molecule has 0 spiro atoms. The SMILES string of the molecule is C=CC(CO)N(CC(=O)N(C)OC)C(=O)OC(C)(C)C. The van der Waals surface area contributed by atoms with Crippen molar-refractivity contribution in [3.8, 4) is 0 Å². The smallest absolute Gasteiger partial charge is 0.411 e. The van der Waals surface area contributed by atoms with Gasteiger partial charge in [0.25, 0.3) is 5.91 Å². The highest BCUT2D eigenvalue weighted by Gasteiger charge is 2.29. The molecule has 0 saturated heterocycles. The van der Waals surface area contributed by atoms with E-state index >= 15 is 0 Å². The molecule has 0 aromatic carbocycles. The van der Waals surface area contributed by atoms with E-state index in [2.05, 4.69) is 6.58 Å². The second kappa shape index (κ2) is 7.86. The van der Waals surface area contributed by atoms with Crippen molar-refractivity contribution in [1.29, 1.82) is 0 Å². The van der Waals surface area contributed by atoms with Gasteiger partial charge in [0.1, 0.15) is 12.1 Å². The Balaban J connectivity index is 5.04. The van der Waals surface area contributed by atoms with Crippen molar-refractivity contribution in [2.24, 2.45) is 0 Å². The van der Waals surface area contributed by atoms with Crippen LogP contribution in [0.25, 0.3) is 0 Å². The van der Waals surface area contributed by atoms with Crippen molar-refractivity contribution >= 4 is 12.0 Å². The predicted molar refractivity (Wildman–Crippen MR) is 73.8 cm³/mol. The van der Waals surface area contributed by atoms with Crippen LogP contribution in [0.15, 0.2) is 12.7 Å². The molecule has 1 N–H and O–H groups in total. The van der Waals surface area contributed by atoms with Gasteiger partial charge in [0.2, 0.25) is 0 Å². The molecule has 0 rings (SSSR count). The van der Waals surface area contributed by atoms with Gasteiger partial charge in [-0.05, 0) is 20.8 Å². The predicted octanol–water partition coefficient (Wildman–Crippen LogP) is 0.790. The molecule has 0 bridgehead atoms. The molecule has 0 aliphatic heterocycles. The Morgan fingerprint density at radius 3 is 2.30 bits per heavy atom. The van der Waals surface area contributed by atoms with E-state index in [1.54, 1.807) is 20.8 Å². The third kappa shape index (κ3) is 6.03. The van der Waals surface area contributed by atoms with Crippen molar-refractivity contribution in [3.05, 3.63) is 12.7 Å². The Morgan fingerprint density at radius 2 is 1.95 bits per heavy atom. The summed E-state index contributed by atoms with van der Waals surface area (Å²) in [6, 6.07) is -0.709. The second-order valence-corrected chi connectivity index (χ2v) is 5.17. The van der Waals surface area contributed by atoms with Crippen molar-refractivity contribution in [1.82, 2.24) is 9.96 Å². The van der Waals surface area contributed by atoms with Crippen LogP contribution in [0.2, 0.25) is 0 Å². The van der Waals surface area contributed by atoms with Crippen molar-refractivity contribution < 1.29 is 24.3 Å². The van der Waals surface area contributed by atoms with E-state index in [9.17, 15) is 14.7 Å². The van der Waals surface area contributed by atoms with Gasteiger partial charge in [-0.2, -0.15) is 0 Å². The minimum Gasteiger partial charge on any atom is -0.444 e. The summed E-state index contributed by atoms with van der Waals surface area (Å²) in [7, 11) is 2.77. The first-order valence-electron chi connectivity index (χ1n) is 6.20. The van der Waals surface area contributed by atoms with Crippen LogP contribution in [-0.2, 0) is 14.4 Å². The van der Waals surface area contributed by atoms with Crippen LogP contribution in [0.5, 0.6) is 0 Å². The molecule has 0 aromatic heterocycles. The molecule has 2 amide bonds. The summed E-state index contributed by atoms with van der Waals surface area (Å²) < 4.78 is 5.22. The standard InChI is InChI=1S/C13H24N2O5/c1-7-10(9-16)15(8-11(17)14(5)19-6)12(18)20-13(2,3)4/h7,10,16H,1,8-9H2,2-6H3. The first kappa shape index (κ1) is 18.4. The van der Waals surface area contributed by atoms with E-state index in [1.165, 1.54) is 20.2 Å². The Hall–Kier alpha value is -1.60. The number of hydrogen-bond acceptors (Lipinski definition) is 5. The fourth-order valence-electron chi connectivity index (χ4n) is 1.29. The molecular weight excluding hydrogens is 264 g/mol. The zero-order valence-electron chi connectivity index (χ0n) is 12.8. The maximum absolute atomic E-state index is 12.1. The summed E-state index contributed by atoms with van der Waals surface area (Å²) in [5.74, 6) is -0.446. The molecule has 0 fully saturated rings. The first-order chi connectivity index (χ1) is 9.16. The van der Waals surface area contributed by atoms with E-state index < -0.39 is 23.6 Å². The van der Waals surface area contributed by atoms with E-state index in [4.69, 9.17) is 9.57 Å². The third-order valence-electron chi connectivity index (χ3n) is 2.42. The van der Waals surface area contributed by atoms with Gasteiger partial charge in [-0.25, -0.2) is 9.86 Å². The highest BCUT2D eigenvalue weighted by atomic mass is 16.7. The average molecular weight is 288 g/mol. The highest BCUT2D eigenvalue weighted by molar-refractivity contribution is 5.81. The topological polar surface area (TPSA) is 79.3 Å². The molecule has 0 aliphatic carbocycles. The number of likely N-dealkylation sites (N-methyl/N-ethyl adjacent to an activating group) is 1. The summed E-state index contributed by atoms with van der Waals surface area (Å²) in [6.45, 7) is 8.05. The molecular formula is C13H24N2O5. The van der Waals surface area contributed by atoms with Crippen LogP contribution < -0.4 is 0 Å². The number of aliphatic hydroxyl groups excluding tert-OH is 1. The monoisotopic (exact) mass is 288 g/mol. The molecule has 0 saturated carbocycles. The molecule has 116 valence electrons. The largest absolute Gasteiger partial charge is 0.444 e. The van der Waals surface area contributed by atoms with Crippen molar-refractivity contribution in [2.45, 2.75) is 32.4 Å². The average Bonchev–Trinajstić information content (AvgIpc) is 2.35. The minimum absolute atomic E-state index is 0.281. The maximum atomic E-state index is 12.1. The van der Waals surface area contributed by atoms with Gasteiger partial charge in [-0.3, -0.25) is 14.5 Å². The Kier molecular flexibility index (Phi) is 7.23. The summed E-state index contributed by atoms with van der Waals surface area (Å²) in [4.78, 5) is 29.8. The van der Waals surface area contributed by atoms with Crippen LogP contribution >= 0.6 is 0 Å². The molecule has 0 heterocycles. The molecule has 0 radical (unpaired) electrons. The van der Waals surface area contributed by atoms with Gasteiger partial charge >= 0.3 is 6.09 Å². The van der Waals surface area contributed by atoms with Crippen molar-refractivity contribution in [3.63, 3.8) is 0 Å². The molecule has 0 aromatic rings. The van der Waals surface area contributed by atoms with Gasteiger partial charge in [0.15, 0.2) is 0 Å². The van der Waals surface area contributed by atoms with E-state index in [1.807, 2.05) is 0 Å². The lowest BCUT2D eigenvalue weighted by atomic mass is 10.2. The van der Waals surface area contributed by atoms with Crippen molar-refractivity contribution in [2.75, 3.05) is 27.3 Å². The van der Waals surface area contributed by atoms with Crippen LogP contribution in [0, 0.1) is 0 Å². The van der Waals surface area contributed by atoms with Crippen LogP contribution in [0.1, 0.15) is 20.8 Å². The lowest BCUT2D eigenvalue weighted by Gasteiger charge is -2.31. The summed E-state index contributed by atoms with van der Waals surface area (Å²) in [6.07, 6.45) is 0.679. The Bertz CT molecular complexity index is 351. The fraction of sp³-hybridized carbons (Fsp3) is 0.692. The number of nitrogens with zero attached hydrogens (tertiary/aromatic N) is 2. The van der Waals surface area contributed by atoms with Gasteiger partial charge in [-0.15, -0.1) is 6.58 Å². The first-order valence-corrected chi connectivity index (χ1v) is 6.20. The van der Waals surface area contributed by atoms with Gasteiger partial charge in [-0.1, -0.05) is 6.08 Å². The minimum atomic E-state index is -0.709. The molecule has 1 atom stereocenters. The maximum Gasteiger partial charge on any atom is 0.411 e. The zero-order chi connectivity index (χ0) is 15.9. The number of ether oxygens (including phenoxy) is 1. The zero-order valence-corrected chi connectivity index (χ0v) is 12.8. The van der Waals surface area contributed by atoms with Crippen LogP contribution in [-0.4, -0.2) is 66.0 Å². The summed E-state index contributed by atoms with van der Waals surface area (Å²) >= 11 is 0. The van der Waals surface area contributed by atoms with Crippen LogP contribution in [0.3, 0.4) is 0 Å². The molecule has 7 heteroatoms. The summed E-state index contributed by atoms with van der Waals surface area (Å²) in [5, 5.41) is 10.3. The molecule has 20 heavy (non-hydrogen) atoms. The number of amides is 2. The van der Waals surface area contributed by atoms with Gasteiger partial charge in [0, 0.05) is 7.05 Å². The highest BCUT2D eigenvalue weighted by Crippen LogP contribution is 2.12. The third-order valence-corrected chi connectivity index (χ3v) is 2.42. The number of carbonyl (C=O) groups is 2. The van der Waals surface area contributed by atoms with E-state index in [0.717, 1.165) is 9.96 Å². The Labute approximate surface area is 119 Å². The number of hydrogen-bond donors (Lipinski definition) is 1. The summed E-state index contributed by atoms with van der Waals surface area (Å²) in [5.41, 5.74) is -0.702. The lowest BCUT2D eigenvalue weighted by Crippen LogP contribution is -2.49. The second-order valence-electron chi connectivity index (χ2n) is 5.17. The van der Waals surface area contributed by atoms with Crippen LogP contribution in [0.4, 0.5) is 4.79 Å². The molecule has 7 nitrogen and oxygen atoms in total. The number of carbonyl (C=O) groups excluding carboxylic acids is 2. The van der Waals surface area contributed by atoms with Gasteiger partial charge < -0.3 is 9.84 Å². The Morgan fingerprint density at radius 1 is 1.40 bits per heavy atom. The normalized spacial score (nSPS) is 12.5.